The number of pyridine rings is 1. The summed E-state index contributed by atoms with van der Waals surface area (Å²) >= 11 is 7.63. The maximum atomic E-state index is 13.1. The van der Waals surface area contributed by atoms with Crippen LogP contribution in [0, 0.1) is 0 Å². The lowest BCUT2D eigenvalue weighted by molar-refractivity contribution is 0.102. The van der Waals surface area contributed by atoms with E-state index in [0.29, 0.717) is 15.7 Å². The smallest absolute Gasteiger partial charge is 0.258 e. The van der Waals surface area contributed by atoms with E-state index in [1.807, 2.05) is 42.6 Å². The van der Waals surface area contributed by atoms with E-state index in [2.05, 4.69) is 10.3 Å². The Morgan fingerprint density at radius 1 is 1.31 bits per heavy atom. The third kappa shape index (κ3) is 3.32. The van der Waals surface area contributed by atoms with Crippen molar-refractivity contribution in [3.63, 3.8) is 0 Å². The Hall–Kier alpha value is -2.02. The molecular weight excluding hydrogens is 368 g/mol. The van der Waals surface area contributed by atoms with Crippen LogP contribution in [-0.4, -0.2) is 34.9 Å². The van der Waals surface area contributed by atoms with Crippen LogP contribution >= 0.6 is 22.9 Å². The van der Waals surface area contributed by atoms with Crippen molar-refractivity contribution in [2.45, 2.75) is 25.8 Å². The highest BCUT2D eigenvalue weighted by atomic mass is 35.5. The molecule has 0 spiro atoms. The molecule has 0 radical (unpaired) electrons. The first-order valence-corrected chi connectivity index (χ1v) is 9.78. The molecule has 5 nitrogen and oxygen atoms in total. The molecule has 1 aromatic carbocycles. The number of thiazole rings is 1. The third-order valence-electron chi connectivity index (χ3n) is 4.45. The summed E-state index contributed by atoms with van der Waals surface area (Å²) in [6.45, 7) is 0.746. The van der Waals surface area contributed by atoms with Crippen LogP contribution in [0.25, 0.3) is 10.9 Å². The van der Waals surface area contributed by atoms with Crippen molar-refractivity contribution in [3.8, 4) is 0 Å². The number of nitrogens with one attached hydrogen (secondary N) is 1. The predicted octanol–water partition coefficient (Wildman–Crippen LogP) is 4.15. The summed E-state index contributed by atoms with van der Waals surface area (Å²) in [6.07, 6.45) is 2.81. The number of carbonyl (C=O) groups is 1. The molecule has 1 aliphatic rings. The van der Waals surface area contributed by atoms with Crippen LogP contribution in [-0.2, 0) is 19.4 Å². The molecule has 0 atom stereocenters. The van der Waals surface area contributed by atoms with E-state index in [0.717, 1.165) is 53.7 Å². The predicted molar refractivity (Wildman–Crippen MR) is 106 cm³/mol. The van der Waals surface area contributed by atoms with E-state index in [1.165, 1.54) is 11.3 Å². The van der Waals surface area contributed by atoms with Gasteiger partial charge in [-0.2, -0.15) is 0 Å². The highest BCUT2D eigenvalue weighted by Crippen LogP contribution is 2.32. The molecule has 4 rings (SSSR count). The molecule has 7 heteroatoms. The van der Waals surface area contributed by atoms with Gasteiger partial charge in [-0.1, -0.05) is 11.6 Å². The fourth-order valence-electron chi connectivity index (χ4n) is 3.41. The number of nitrogens with zero attached hydrogens (tertiary/aromatic N) is 3. The van der Waals surface area contributed by atoms with Gasteiger partial charge in [-0.3, -0.25) is 15.1 Å². The van der Waals surface area contributed by atoms with Crippen LogP contribution in [0.4, 0.5) is 5.13 Å². The Labute approximate surface area is 161 Å². The molecule has 134 valence electrons. The average Bonchev–Trinajstić information content (AvgIpc) is 3.21. The fraction of sp³-hybridized carbons (Fsp3) is 0.316. The molecule has 0 bridgehead atoms. The van der Waals surface area contributed by atoms with Crippen molar-refractivity contribution in [1.29, 1.82) is 0 Å². The van der Waals surface area contributed by atoms with Gasteiger partial charge in [-0.15, -0.1) is 11.3 Å². The Kier molecular flexibility index (Phi) is 4.65. The maximum Gasteiger partial charge on any atom is 0.258 e. The molecule has 0 aliphatic heterocycles. The first kappa shape index (κ1) is 17.4. The number of anilines is 1. The minimum atomic E-state index is -0.136. The van der Waals surface area contributed by atoms with Crippen molar-refractivity contribution >= 4 is 44.9 Å². The Balaban J connectivity index is 1.72. The van der Waals surface area contributed by atoms with E-state index in [9.17, 15) is 4.79 Å². The van der Waals surface area contributed by atoms with Crippen LogP contribution < -0.4 is 5.32 Å². The standard InChI is InChI=1S/C19H19ClN4OS/c1-24(2)9-12-10-26-19(21-12)23-18(25)17-13-4-3-5-15(13)22-16-7-6-11(20)8-14(16)17/h6-8,10H,3-5,9H2,1-2H3,(H,21,23,25). The van der Waals surface area contributed by atoms with Gasteiger partial charge in [0.2, 0.25) is 0 Å². The molecule has 1 amide bonds. The molecule has 0 unspecified atom stereocenters. The molecule has 2 heterocycles. The Bertz CT molecular complexity index is 999. The number of fused-ring (bicyclic) bond motifs is 2. The van der Waals surface area contributed by atoms with Crippen molar-refractivity contribution in [1.82, 2.24) is 14.9 Å². The van der Waals surface area contributed by atoms with Gasteiger partial charge < -0.3 is 4.90 Å². The summed E-state index contributed by atoms with van der Waals surface area (Å²) in [4.78, 5) is 24.4. The second-order valence-corrected chi connectivity index (χ2v) is 8.06. The van der Waals surface area contributed by atoms with Gasteiger partial charge in [-0.05, 0) is 57.1 Å². The minimum Gasteiger partial charge on any atom is -0.304 e. The highest BCUT2D eigenvalue weighted by molar-refractivity contribution is 7.14. The molecule has 0 saturated carbocycles. The van der Waals surface area contributed by atoms with Crippen molar-refractivity contribution in [2.75, 3.05) is 19.4 Å². The second kappa shape index (κ2) is 6.95. The van der Waals surface area contributed by atoms with Gasteiger partial charge in [-0.25, -0.2) is 4.98 Å². The van der Waals surface area contributed by atoms with Crippen LogP contribution in [0.5, 0.6) is 0 Å². The summed E-state index contributed by atoms with van der Waals surface area (Å²) in [7, 11) is 3.99. The SMILES string of the molecule is CN(C)Cc1csc(NC(=O)c2c3c(nc4ccc(Cl)cc24)CCC3)n1. The molecule has 3 aromatic rings. The van der Waals surface area contributed by atoms with Gasteiger partial charge in [0.15, 0.2) is 5.13 Å². The quantitative estimate of drug-likeness (QED) is 0.731. The van der Waals surface area contributed by atoms with Gasteiger partial charge in [0.05, 0.1) is 16.8 Å². The van der Waals surface area contributed by atoms with Crippen LogP contribution in [0.1, 0.15) is 33.7 Å². The third-order valence-corrected chi connectivity index (χ3v) is 5.49. The fourth-order valence-corrected chi connectivity index (χ4v) is 4.28. The monoisotopic (exact) mass is 386 g/mol. The van der Waals surface area contributed by atoms with Gasteiger partial charge in [0, 0.05) is 28.0 Å². The first-order valence-electron chi connectivity index (χ1n) is 8.53. The topological polar surface area (TPSA) is 58.1 Å². The Morgan fingerprint density at radius 2 is 2.15 bits per heavy atom. The number of rotatable bonds is 4. The molecule has 26 heavy (non-hydrogen) atoms. The summed E-state index contributed by atoms with van der Waals surface area (Å²) in [5.74, 6) is -0.136. The van der Waals surface area contributed by atoms with E-state index in [4.69, 9.17) is 16.6 Å². The second-order valence-electron chi connectivity index (χ2n) is 6.76. The number of hydrogen-bond acceptors (Lipinski definition) is 5. The summed E-state index contributed by atoms with van der Waals surface area (Å²) in [6, 6.07) is 5.52. The van der Waals surface area contributed by atoms with E-state index in [1.54, 1.807) is 0 Å². The zero-order valence-corrected chi connectivity index (χ0v) is 16.2. The average molecular weight is 387 g/mol. The summed E-state index contributed by atoms with van der Waals surface area (Å²) in [5, 5.41) is 6.97. The van der Waals surface area contributed by atoms with E-state index < -0.39 is 0 Å². The maximum absolute atomic E-state index is 13.1. The lowest BCUT2D eigenvalue weighted by Gasteiger charge is -2.12. The molecule has 1 N–H and O–H groups in total. The van der Waals surface area contributed by atoms with Crippen molar-refractivity contribution < 1.29 is 4.79 Å². The number of aryl methyl sites for hydroxylation is 1. The van der Waals surface area contributed by atoms with Gasteiger partial charge in [0.1, 0.15) is 0 Å². The normalized spacial score (nSPS) is 13.4. The number of amides is 1. The number of hydrogen-bond donors (Lipinski definition) is 1. The lowest BCUT2D eigenvalue weighted by atomic mass is 10.0. The number of carbonyl (C=O) groups excluding carboxylic acids is 1. The summed E-state index contributed by atoms with van der Waals surface area (Å²) in [5.41, 5.74) is 4.52. The molecule has 1 aliphatic carbocycles. The van der Waals surface area contributed by atoms with Crippen LogP contribution in [0.15, 0.2) is 23.6 Å². The number of aromatic nitrogens is 2. The van der Waals surface area contributed by atoms with Crippen LogP contribution in [0.3, 0.4) is 0 Å². The Morgan fingerprint density at radius 3 is 2.96 bits per heavy atom. The number of benzene rings is 1. The lowest BCUT2D eigenvalue weighted by Crippen LogP contribution is -2.16. The highest BCUT2D eigenvalue weighted by Gasteiger charge is 2.24. The largest absolute Gasteiger partial charge is 0.304 e. The minimum absolute atomic E-state index is 0.136. The van der Waals surface area contributed by atoms with Crippen LogP contribution in [0.2, 0.25) is 5.02 Å². The van der Waals surface area contributed by atoms with Crippen molar-refractivity contribution in [3.05, 3.63) is 51.1 Å². The molecule has 0 fully saturated rings. The molecule has 0 saturated heterocycles. The number of halogens is 1. The van der Waals surface area contributed by atoms with Gasteiger partial charge >= 0.3 is 0 Å². The van der Waals surface area contributed by atoms with E-state index >= 15 is 0 Å². The first-order chi connectivity index (χ1) is 12.5. The zero-order chi connectivity index (χ0) is 18.3. The molecule has 2 aromatic heterocycles. The van der Waals surface area contributed by atoms with Gasteiger partial charge in [0.25, 0.3) is 5.91 Å². The van der Waals surface area contributed by atoms with Crippen molar-refractivity contribution in [2.24, 2.45) is 0 Å². The molecular formula is C19H19ClN4OS. The van der Waals surface area contributed by atoms with E-state index in [-0.39, 0.29) is 5.91 Å². The summed E-state index contributed by atoms with van der Waals surface area (Å²) < 4.78 is 0. The zero-order valence-electron chi connectivity index (χ0n) is 14.7.